The lowest BCUT2D eigenvalue weighted by atomic mass is 10.2. The number of nitrogens with zero attached hydrogens (tertiary/aromatic N) is 3. The van der Waals surface area contributed by atoms with Crippen molar-refractivity contribution < 1.29 is 4.39 Å². The molecule has 0 aliphatic rings. The van der Waals surface area contributed by atoms with Gasteiger partial charge >= 0.3 is 0 Å². The van der Waals surface area contributed by atoms with Crippen molar-refractivity contribution in [3.63, 3.8) is 0 Å². The topological polar surface area (TPSA) is 50.2 Å². The Labute approximate surface area is 121 Å². The van der Waals surface area contributed by atoms with Crippen molar-refractivity contribution in [1.82, 2.24) is 9.97 Å². The molecule has 0 aliphatic heterocycles. The fourth-order valence-electron chi connectivity index (χ4n) is 1.94. The van der Waals surface area contributed by atoms with Gasteiger partial charge in [-0.2, -0.15) is 5.10 Å². The van der Waals surface area contributed by atoms with Crippen LogP contribution in [0.25, 0.3) is 11.0 Å². The van der Waals surface area contributed by atoms with Crippen molar-refractivity contribution in [3.8, 4) is 0 Å². The number of hydrazone groups is 1. The van der Waals surface area contributed by atoms with E-state index in [2.05, 4.69) is 20.5 Å². The zero-order valence-corrected chi connectivity index (χ0v) is 11.4. The number of hydrogen-bond acceptors (Lipinski definition) is 4. The van der Waals surface area contributed by atoms with E-state index >= 15 is 0 Å². The smallest absolute Gasteiger partial charge is 0.168 e. The van der Waals surface area contributed by atoms with Gasteiger partial charge in [0, 0.05) is 5.56 Å². The lowest BCUT2D eigenvalue weighted by molar-refractivity contribution is 0.626. The van der Waals surface area contributed by atoms with Gasteiger partial charge in [-0.05, 0) is 25.1 Å². The van der Waals surface area contributed by atoms with E-state index in [0.717, 1.165) is 16.7 Å². The van der Waals surface area contributed by atoms with E-state index in [1.54, 1.807) is 18.2 Å². The molecule has 0 amide bonds. The molecule has 0 radical (unpaired) electrons. The summed E-state index contributed by atoms with van der Waals surface area (Å²) in [5.41, 5.74) is 5.57. The third-order valence-electron chi connectivity index (χ3n) is 3.02. The van der Waals surface area contributed by atoms with Crippen LogP contribution >= 0.6 is 0 Å². The average molecular weight is 280 g/mol. The van der Waals surface area contributed by atoms with Crippen LogP contribution in [0.1, 0.15) is 11.3 Å². The van der Waals surface area contributed by atoms with Crippen molar-refractivity contribution in [2.24, 2.45) is 5.10 Å². The molecule has 104 valence electrons. The minimum atomic E-state index is -0.315. The summed E-state index contributed by atoms with van der Waals surface area (Å²) >= 11 is 0. The minimum absolute atomic E-state index is 0.315. The van der Waals surface area contributed by atoms with Gasteiger partial charge in [-0.15, -0.1) is 0 Å². The summed E-state index contributed by atoms with van der Waals surface area (Å²) in [6.07, 6.45) is 1.42. The van der Waals surface area contributed by atoms with Gasteiger partial charge in [-0.3, -0.25) is 5.43 Å². The summed E-state index contributed by atoms with van der Waals surface area (Å²) in [7, 11) is 0. The number of aromatic nitrogens is 2. The van der Waals surface area contributed by atoms with Crippen molar-refractivity contribution >= 4 is 23.1 Å². The van der Waals surface area contributed by atoms with Crippen LogP contribution in [-0.2, 0) is 0 Å². The third kappa shape index (κ3) is 2.86. The van der Waals surface area contributed by atoms with E-state index < -0.39 is 0 Å². The van der Waals surface area contributed by atoms with E-state index in [1.165, 1.54) is 12.3 Å². The van der Waals surface area contributed by atoms with Crippen LogP contribution in [0, 0.1) is 12.7 Å². The molecule has 4 nitrogen and oxygen atoms in total. The molecular formula is C16H13FN4. The maximum atomic E-state index is 13.5. The molecule has 2 aromatic carbocycles. The first kappa shape index (κ1) is 13.2. The minimum Gasteiger partial charge on any atom is -0.260 e. The largest absolute Gasteiger partial charge is 0.260 e. The highest BCUT2D eigenvalue weighted by atomic mass is 19.1. The maximum Gasteiger partial charge on any atom is 0.168 e. The quantitative estimate of drug-likeness (QED) is 0.590. The van der Waals surface area contributed by atoms with Gasteiger partial charge in [0.2, 0.25) is 0 Å². The highest BCUT2D eigenvalue weighted by Gasteiger charge is 2.03. The Balaban J connectivity index is 1.85. The summed E-state index contributed by atoms with van der Waals surface area (Å²) in [6.45, 7) is 1.85. The fourth-order valence-corrected chi connectivity index (χ4v) is 1.94. The van der Waals surface area contributed by atoms with Crippen LogP contribution in [0.2, 0.25) is 0 Å². The van der Waals surface area contributed by atoms with Crippen LogP contribution in [-0.4, -0.2) is 16.2 Å². The molecule has 0 saturated carbocycles. The molecular weight excluding hydrogens is 267 g/mol. The first-order valence-electron chi connectivity index (χ1n) is 6.51. The van der Waals surface area contributed by atoms with Gasteiger partial charge in [0.1, 0.15) is 5.82 Å². The molecule has 0 aliphatic carbocycles. The summed E-state index contributed by atoms with van der Waals surface area (Å²) in [4.78, 5) is 8.89. The monoisotopic (exact) mass is 280 g/mol. The Bertz CT molecular complexity index is 814. The normalized spacial score (nSPS) is 11.1. The van der Waals surface area contributed by atoms with Crippen LogP contribution in [0.4, 0.5) is 10.2 Å². The second-order valence-electron chi connectivity index (χ2n) is 4.54. The second-order valence-corrected chi connectivity index (χ2v) is 4.54. The molecule has 1 N–H and O–H groups in total. The summed E-state index contributed by atoms with van der Waals surface area (Å²) in [5, 5.41) is 4.02. The van der Waals surface area contributed by atoms with Crippen molar-refractivity contribution in [2.45, 2.75) is 6.92 Å². The Morgan fingerprint density at radius 3 is 2.43 bits per heavy atom. The van der Waals surface area contributed by atoms with E-state index in [1.807, 2.05) is 31.2 Å². The molecule has 0 bridgehead atoms. The van der Waals surface area contributed by atoms with Gasteiger partial charge in [-0.25, -0.2) is 14.4 Å². The van der Waals surface area contributed by atoms with E-state index in [-0.39, 0.29) is 5.82 Å². The molecule has 0 atom stereocenters. The molecule has 3 aromatic rings. The Morgan fingerprint density at radius 2 is 1.67 bits per heavy atom. The second kappa shape index (κ2) is 5.66. The zero-order chi connectivity index (χ0) is 14.7. The van der Waals surface area contributed by atoms with Gasteiger partial charge in [-0.1, -0.05) is 30.3 Å². The number of halogens is 1. The Hall–Kier alpha value is -2.82. The Morgan fingerprint density at radius 1 is 1.00 bits per heavy atom. The molecule has 3 rings (SSSR count). The van der Waals surface area contributed by atoms with E-state index in [0.29, 0.717) is 11.4 Å². The first-order chi connectivity index (χ1) is 10.2. The standard InChI is InChI=1S/C16H13FN4/c1-11-16(20-15-9-5-4-8-14(15)19-11)21-18-10-12-6-2-3-7-13(12)17/h2-10H,1H3,(H,20,21)/b18-10-. The molecule has 0 unspecified atom stereocenters. The molecule has 5 heteroatoms. The first-order valence-corrected chi connectivity index (χ1v) is 6.51. The number of hydrogen-bond donors (Lipinski definition) is 1. The summed E-state index contributed by atoms with van der Waals surface area (Å²) < 4.78 is 13.5. The molecule has 1 aromatic heterocycles. The molecule has 0 fully saturated rings. The van der Waals surface area contributed by atoms with Crippen LogP contribution in [0.15, 0.2) is 53.6 Å². The maximum absolute atomic E-state index is 13.5. The molecule has 0 spiro atoms. The van der Waals surface area contributed by atoms with Gasteiger partial charge < -0.3 is 0 Å². The predicted molar refractivity (Wildman–Crippen MR) is 81.9 cm³/mol. The van der Waals surface area contributed by atoms with Gasteiger partial charge in [0.25, 0.3) is 0 Å². The molecule has 1 heterocycles. The highest BCUT2D eigenvalue weighted by Crippen LogP contribution is 2.15. The van der Waals surface area contributed by atoms with Gasteiger partial charge in [0.05, 0.1) is 22.9 Å². The van der Waals surface area contributed by atoms with E-state index in [9.17, 15) is 4.39 Å². The Kier molecular flexibility index (Phi) is 3.55. The third-order valence-corrected chi connectivity index (χ3v) is 3.02. The van der Waals surface area contributed by atoms with Gasteiger partial charge in [0.15, 0.2) is 5.82 Å². The SMILES string of the molecule is Cc1nc2ccccc2nc1N/N=C\c1ccccc1F. The number of aryl methyl sites for hydroxylation is 1. The summed E-state index contributed by atoms with van der Waals surface area (Å²) in [6, 6.07) is 14.0. The summed E-state index contributed by atoms with van der Waals surface area (Å²) in [5.74, 6) is 0.241. The lowest BCUT2D eigenvalue weighted by Gasteiger charge is -2.05. The van der Waals surface area contributed by atoms with E-state index in [4.69, 9.17) is 0 Å². The number of benzene rings is 2. The number of nitrogens with one attached hydrogen (secondary N) is 1. The number of para-hydroxylation sites is 2. The zero-order valence-electron chi connectivity index (χ0n) is 11.4. The van der Waals surface area contributed by atoms with Crippen molar-refractivity contribution in [2.75, 3.05) is 5.43 Å². The number of rotatable bonds is 3. The van der Waals surface area contributed by atoms with Crippen LogP contribution in [0.5, 0.6) is 0 Å². The number of fused-ring (bicyclic) bond motifs is 1. The molecule has 0 saturated heterocycles. The molecule has 21 heavy (non-hydrogen) atoms. The highest BCUT2D eigenvalue weighted by molar-refractivity contribution is 5.81. The van der Waals surface area contributed by atoms with Crippen LogP contribution < -0.4 is 5.43 Å². The van der Waals surface area contributed by atoms with Crippen molar-refractivity contribution in [3.05, 3.63) is 65.6 Å². The van der Waals surface area contributed by atoms with Crippen molar-refractivity contribution in [1.29, 1.82) is 0 Å². The predicted octanol–water partition coefficient (Wildman–Crippen LogP) is 3.52. The number of anilines is 1. The lowest BCUT2D eigenvalue weighted by Crippen LogP contribution is -2.00. The van der Waals surface area contributed by atoms with Crippen LogP contribution in [0.3, 0.4) is 0 Å². The fraction of sp³-hybridized carbons (Fsp3) is 0.0625. The average Bonchev–Trinajstić information content (AvgIpc) is 2.49.